The lowest BCUT2D eigenvalue weighted by atomic mass is 9.92. The van der Waals surface area contributed by atoms with E-state index in [1.165, 1.54) is 0 Å². The fraction of sp³-hybridized carbons (Fsp3) is 0.867. The molecule has 2 amide bonds. The minimum atomic E-state index is -0.885. The Morgan fingerprint density at radius 2 is 1.86 bits per heavy atom. The summed E-state index contributed by atoms with van der Waals surface area (Å²) in [5, 5.41) is 9.36. The van der Waals surface area contributed by atoms with E-state index >= 15 is 0 Å². The molecular formula is C15H26N2O4. The molecule has 0 aliphatic carbocycles. The number of piperidine rings is 2. The number of aliphatic carboxylic acids is 1. The third kappa shape index (κ3) is 3.87. The zero-order valence-corrected chi connectivity index (χ0v) is 13.0. The molecule has 0 bridgehead atoms. The zero-order valence-electron chi connectivity index (χ0n) is 13.0. The highest BCUT2D eigenvalue weighted by atomic mass is 16.5. The van der Waals surface area contributed by atoms with Gasteiger partial charge >= 0.3 is 12.0 Å². The first kappa shape index (κ1) is 16.1. The molecule has 2 saturated heterocycles. The molecule has 2 atom stereocenters. The standard InChI is InChI=1S/C15H26N2O4/c1-11-3-8-17(13(9-11)14(18)19)15(20)16-6-4-12(5-7-16)10-21-2/h11-13H,3-10H2,1-2H3,(H,18,19). The number of urea groups is 1. The Morgan fingerprint density at radius 3 is 2.43 bits per heavy atom. The Bertz CT molecular complexity index is 380. The summed E-state index contributed by atoms with van der Waals surface area (Å²) >= 11 is 0. The largest absolute Gasteiger partial charge is 0.480 e. The molecule has 0 aromatic carbocycles. The molecule has 2 unspecified atom stereocenters. The number of carbonyl (C=O) groups is 2. The average molecular weight is 298 g/mol. The highest BCUT2D eigenvalue weighted by molar-refractivity contribution is 5.83. The number of nitrogens with zero attached hydrogens (tertiary/aromatic N) is 2. The van der Waals surface area contributed by atoms with Crippen molar-refractivity contribution in [2.45, 2.75) is 38.6 Å². The molecule has 0 spiro atoms. The molecule has 6 nitrogen and oxygen atoms in total. The molecule has 0 radical (unpaired) electrons. The van der Waals surface area contributed by atoms with Gasteiger partial charge in [0.2, 0.25) is 0 Å². The summed E-state index contributed by atoms with van der Waals surface area (Å²) in [6.07, 6.45) is 3.31. The number of ether oxygens (including phenoxy) is 1. The molecule has 21 heavy (non-hydrogen) atoms. The van der Waals surface area contributed by atoms with Gasteiger partial charge in [0.1, 0.15) is 6.04 Å². The van der Waals surface area contributed by atoms with Crippen LogP contribution in [0.25, 0.3) is 0 Å². The van der Waals surface area contributed by atoms with Crippen LogP contribution in [0.5, 0.6) is 0 Å². The Morgan fingerprint density at radius 1 is 1.19 bits per heavy atom. The summed E-state index contributed by atoms with van der Waals surface area (Å²) in [5.41, 5.74) is 0. The lowest BCUT2D eigenvalue weighted by molar-refractivity contribution is -0.144. The summed E-state index contributed by atoms with van der Waals surface area (Å²) in [6.45, 7) is 4.74. The van der Waals surface area contributed by atoms with Crippen molar-refractivity contribution in [1.82, 2.24) is 9.80 Å². The van der Waals surface area contributed by atoms with Crippen LogP contribution in [-0.4, -0.2) is 66.3 Å². The molecule has 2 aliphatic heterocycles. The number of amides is 2. The number of carbonyl (C=O) groups excluding carboxylic acids is 1. The maximum Gasteiger partial charge on any atom is 0.326 e. The fourth-order valence-electron chi connectivity index (χ4n) is 3.31. The maximum atomic E-state index is 12.6. The Kier molecular flexibility index (Phi) is 5.45. The van der Waals surface area contributed by atoms with E-state index in [4.69, 9.17) is 4.74 Å². The highest BCUT2D eigenvalue weighted by Crippen LogP contribution is 2.25. The highest BCUT2D eigenvalue weighted by Gasteiger charge is 2.37. The van der Waals surface area contributed by atoms with Gasteiger partial charge < -0.3 is 19.6 Å². The van der Waals surface area contributed by atoms with Crippen molar-refractivity contribution in [2.24, 2.45) is 11.8 Å². The van der Waals surface area contributed by atoms with E-state index in [1.54, 1.807) is 16.9 Å². The van der Waals surface area contributed by atoms with E-state index < -0.39 is 12.0 Å². The number of likely N-dealkylation sites (tertiary alicyclic amines) is 2. The summed E-state index contributed by atoms with van der Waals surface area (Å²) in [4.78, 5) is 27.4. The summed E-state index contributed by atoms with van der Waals surface area (Å²) in [6, 6.07) is -0.775. The van der Waals surface area contributed by atoms with Crippen molar-refractivity contribution >= 4 is 12.0 Å². The van der Waals surface area contributed by atoms with E-state index in [0.29, 0.717) is 37.9 Å². The van der Waals surface area contributed by atoms with Gasteiger partial charge in [-0.3, -0.25) is 0 Å². The van der Waals surface area contributed by atoms with Crippen molar-refractivity contribution < 1.29 is 19.4 Å². The minimum absolute atomic E-state index is 0.106. The number of carboxylic acids is 1. The van der Waals surface area contributed by atoms with E-state index in [1.807, 2.05) is 6.92 Å². The normalized spacial score (nSPS) is 27.7. The van der Waals surface area contributed by atoms with Gasteiger partial charge in [-0.1, -0.05) is 6.92 Å². The van der Waals surface area contributed by atoms with Gasteiger partial charge in [0, 0.05) is 33.4 Å². The predicted molar refractivity (Wildman–Crippen MR) is 78.1 cm³/mol. The van der Waals surface area contributed by atoms with Crippen LogP contribution in [0.3, 0.4) is 0 Å². The second kappa shape index (κ2) is 7.11. The van der Waals surface area contributed by atoms with E-state index in [0.717, 1.165) is 25.9 Å². The van der Waals surface area contributed by atoms with Gasteiger partial charge in [-0.25, -0.2) is 9.59 Å². The smallest absolute Gasteiger partial charge is 0.326 e. The zero-order chi connectivity index (χ0) is 15.4. The van der Waals surface area contributed by atoms with Crippen molar-refractivity contribution in [3.63, 3.8) is 0 Å². The van der Waals surface area contributed by atoms with Crippen molar-refractivity contribution in [3.8, 4) is 0 Å². The fourth-order valence-corrected chi connectivity index (χ4v) is 3.31. The lowest BCUT2D eigenvalue weighted by Gasteiger charge is -2.41. The maximum absolute atomic E-state index is 12.6. The van der Waals surface area contributed by atoms with Crippen LogP contribution in [0.2, 0.25) is 0 Å². The Labute approximate surface area is 126 Å². The molecule has 2 aliphatic rings. The lowest BCUT2D eigenvalue weighted by Crippen LogP contribution is -2.55. The van der Waals surface area contributed by atoms with Crippen LogP contribution < -0.4 is 0 Å². The van der Waals surface area contributed by atoms with Crippen LogP contribution >= 0.6 is 0 Å². The van der Waals surface area contributed by atoms with Gasteiger partial charge in [-0.2, -0.15) is 0 Å². The van der Waals surface area contributed by atoms with Crippen LogP contribution in [0.1, 0.15) is 32.6 Å². The number of rotatable bonds is 3. The van der Waals surface area contributed by atoms with Crippen LogP contribution in [-0.2, 0) is 9.53 Å². The number of methoxy groups -OCH3 is 1. The Balaban J connectivity index is 1.94. The number of hydrogen-bond acceptors (Lipinski definition) is 3. The van der Waals surface area contributed by atoms with Gasteiger partial charge in [0.25, 0.3) is 0 Å². The van der Waals surface area contributed by atoms with Gasteiger partial charge in [-0.05, 0) is 37.5 Å². The summed E-state index contributed by atoms with van der Waals surface area (Å²) < 4.78 is 5.16. The summed E-state index contributed by atoms with van der Waals surface area (Å²) in [5.74, 6) is -0.0116. The molecule has 6 heteroatoms. The molecular weight excluding hydrogens is 272 g/mol. The topological polar surface area (TPSA) is 70.1 Å². The average Bonchev–Trinajstić information content (AvgIpc) is 2.47. The van der Waals surface area contributed by atoms with E-state index in [9.17, 15) is 14.7 Å². The van der Waals surface area contributed by atoms with Gasteiger partial charge in [-0.15, -0.1) is 0 Å². The second-order valence-electron chi connectivity index (χ2n) is 6.35. The van der Waals surface area contributed by atoms with Gasteiger partial charge in [0.15, 0.2) is 0 Å². The van der Waals surface area contributed by atoms with Crippen LogP contribution in [0.4, 0.5) is 4.79 Å². The predicted octanol–water partition coefficient (Wildman–Crippen LogP) is 1.65. The molecule has 120 valence electrons. The third-order valence-corrected chi connectivity index (χ3v) is 4.68. The first-order valence-corrected chi connectivity index (χ1v) is 7.80. The van der Waals surface area contributed by atoms with Crippen molar-refractivity contribution in [3.05, 3.63) is 0 Å². The first-order valence-electron chi connectivity index (χ1n) is 7.80. The number of carboxylic acid groups (broad SMARTS) is 1. The quantitative estimate of drug-likeness (QED) is 0.860. The molecule has 2 heterocycles. The van der Waals surface area contributed by atoms with Crippen LogP contribution in [0.15, 0.2) is 0 Å². The SMILES string of the molecule is COCC1CCN(C(=O)N2CCC(C)CC2C(=O)O)CC1. The van der Waals surface area contributed by atoms with E-state index in [2.05, 4.69) is 0 Å². The summed E-state index contributed by atoms with van der Waals surface area (Å²) in [7, 11) is 1.70. The minimum Gasteiger partial charge on any atom is -0.480 e. The van der Waals surface area contributed by atoms with E-state index in [-0.39, 0.29) is 6.03 Å². The third-order valence-electron chi connectivity index (χ3n) is 4.68. The first-order chi connectivity index (χ1) is 10.0. The molecule has 1 N–H and O–H groups in total. The van der Waals surface area contributed by atoms with Crippen LogP contribution in [0, 0.1) is 11.8 Å². The second-order valence-corrected chi connectivity index (χ2v) is 6.35. The Hall–Kier alpha value is -1.30. The van der Waals surface area contributed by atoms with Crippen molar-refractivity contribution in [1.29, 1.82) is 0 Å². The van der Waals surface area contributed by atoms with Gasteiger partial charge in [0.05, 0.1) is 0 Å². The van der Waals surface area contributed by atoms with Crippen molar-refractivity contribution in [2.75, 3.05) is 33.4 Å². The molecule has 0 aromatic rings. The number of hydrogen-bond donors (Lipinski definition) is 1. The molecule has 2 fully saturated rings. The molecule has 2 rings (SSSR count). The molecule has 0 saturated carbocycles. The monoisotopic (exact) mass is 298 g/mol. The molecule has 0 aromatic heterocycles.